The van der Waals surface area contributed by atoms with E-state index in [2.05, 4.69) is 31.5 Å². The number of anilines is 2. The third kappa shape index (κ3) is 3.60. The van der Waals surface area contributed by atoms with Crippen molar-refractivity contribution in [3.63, 3.8) is 0 Å². The zero-order valence-electron chi connectivity index (χ0n) is 10.8. The molecular weight excluding hydrogens is 345 g/mol. The van der Waals surface area contributed by atoms with Crippen molar-refractivity contribution in [2.75, 3.05) is 10.6 Å². The number of rotatable bonds is 3. The van der Waals surface area contributed by atoms with Gasteiger partial charge in [0, 0.05) is 11.4 Å². The number of H-pyrrole nitrogens is 1. The first-order valence-electron chi connectivity index (χ1n) is 5.83. The summed E-state index contributed by atoms with van der Waals surface area (Å²) in [5.41, 5.74) is 0.856. The molecule has 0 bridgehead atoms. The largest absolute Gasteiger partial charge is 0.477 e. The molecule has 0 fully saturated rings. The highest BCUT2D eigenvalue weighted by Crippen LogP contribution is 2.20. The van der Waals surface area contributed by atoms with Crippen LogP contribution < -0.4 is 10.6 Å². The average Bonchev–Trinajstić information content (AvgIpc) is 2.75. The summed E-state index contributed by atoms with van der Waals surface area (Å²) in [6.07, 6.45) is 0. The number of aryl methyl sites for hydroxylation is 1. The molecule has 1 heterocycles. The van der Waals surface area contributed by atoms with E-state index in [1.165, 1.54) is 18.2 Å². The lowest BCUT2D eigenvalue weighted by molar-refractivity contribution is 0.0692. The molecule has 2 rings (SSSR count). The molecule has 0 unspecified atom stereocenters. The standard InChI is InChI=1S/C13H11BrFN3O3/c1-6-4-10(11(16-6)12(19)20)18-13(21)17-7-2-3-8(14)9(15)5-7/h2-5,16H,1H3,(H,19,20)(H2,17,18,21). The summed E-state index contributed by atoms with van der Waals surface area (Å²) in [5, 5.41) is 13.8. The number of carboxylic acid groups (broad SMARTS) is 1. The second-order valence-electron chi connectivity index (χ2n) is 4.25. The van der Waals surface area contributed by atoms with Gasteiger partial charge in [-0.3, -0.25) is 0 Å². The fourth-order valence-corrected chi connectivity index (χ4v) is 1.96. The minimum absolute atomic E-state index is 0.121. The van der Waals surface area contributed by atoms with Gasteiger partial charge in [0.25, 0.3) is 0 Å². The Kier molecular flexibility index (Phi) is 4.27. The molecule has 0 saturated heterocycles. The van der Waals surface area contributed by atoms with Crippen LogP contribution >= 0.6 is 15.9 Å². The Morgan fingerprint density at radius 1 is 1.29 bits per heavy atom. The minimum Gasteiger partial charge on any atom is -0.477 e. The zero-order chi connectivity index (χ0) is 15.6. The smallest absolute Gasteiger partial charge is 0.354 e. The van der Waals surface area contributed by atoms with E-state index < -0.39 is 17.8 Å². The predicted molar refractivity (Wildman–Crippen MR) is 79.2 cm³/mol. The summed E-state index contributed by atoms with van der Waals surface area (Å²) in [6, 6.07) is 4.93. The van der Waals surface area contributed by atoms with E-state index in [0.29, 0.717) is 5.69 Å². The van der Waals surface area contributed by atoms with E-state index in [1.807, 2.05) is 0 Å². The molecule has 2 aromatic rings. The van der Waals surface area contributed by atoms with Crippen LogP contribution in [0, 0.1) is 12.7 Å². The van der Waals surface area contributed by atoms with Gasteiger partial charge in [-0.25, -0.2) is 14.0 Å². The molecule has 0 radical (unpaired) electrons. The summed E-state index contributed by atoms with van der Waals surface area (Å²) >= 11 is 3.00. The number of amides is 2. The van der Waals surface area contributed by atoms with Gasteiger partial charge < -0.3 is 20.7 Å². The summed E-state index contributed by atoms with van der Waals surface area (Å²) in [4.78, 5) is 25.4. The Morgan fingerprint density at radius 2 is 2.00 bits per heavy atom. The Labute approximate surface area is 127 Å². The predicted octanol–water partition coefficient (Wildman–Crippen LogP) is 3.57. The molecule has 1 aromatic heterocycles. The van der Waals surface area contributed by atoms with Gasteiger partial charge in [0.05, 0.1) is 10.2 Å². The van der Waals surface area contributed by atoms with Crippen LogP contribution in [0.25, 0.3) is 0 Å². The normalized spacial score (nSPS) is 10.2. The molecular formula is C13H11BrFN3O3. The first-order valence-corrected chi connectivity index (χ1v) is 6.62. The molecule has 2 amide bonds. The van der Waals surface area contributed by atoms with E-state index in [9.17, 15) is 14.0 Å². The van der Waals surface area contributed by atoms with Crippen LogP contribution in [0.3, 0.4) is 0 Å². The van der Waals surface area contributed by atoms with Gasteiger partial charge in [-0.15, -0.1) is 0 Å². The molecule has 0 aliphatic heterocycles. The number of benzene rings is 1. The van der Waals surface area contributed by atoms with Crippen LogP contribution in [0.5, 0.6) is 0 Å². The summed E-state index contributed by atoms with van der Waals surface area (Å²) in [7, 11) is 0. The van der Waals surface area contributed by atoms with Crippen LogP contribution in [-0.2, 0) is 0 Å². The van der Waals surface area contributed by atoms with Gasteiger partial charge in [-0.05, 0) is 47.1 Å². The second kappa shape index (κ2) is 5.96. The number of urea groups is 1. The van der Waals surface area contributed by atoms with Gasteiger partial charge in [0.2, 0.25) is 0 Å². The minimum atomic E-state index is -1.19. The number of nitrogens with one attached hydrogen (secondary N) is 3. The lowest BCUT2D eigenvalue weighted by atomic mass is 10.3. The lowest BCUT2D eigenvalue weighted by Crippen LogP contribution is -2.20. The molecule has 0 aliphatic rings. The van der Waals surface area contributed by atoms with Crippen LogP contribution in [-0.4, -0.2) is 22.1 Å². The van der Waals surface area contributed by atoms with Crippen LogP contribution in [0.1, 0.15) is 16.2 Å². The quantitative estimate of drug-likeness (QED) is 0.677. The van der Waals surface area contributed by atoms with Crippen molar-refractivity contribution in [1.82, 2.24) is 4.98 Å². The van der Waals surface area contributed by atoms with Crippen molar-refractivity contribution < 1.29 is 19.1 Å². The van der Waals surface area contributed by atoms with Crippen molar-refractivity contribution in [2.45, 2.75) is 6.92 Å². The Bertz CT molecular complexity index is 715. The maximum absolute atomic E-state index is 13.3. The number of carbonyl (C=O) groups is 2. The summed E-state index contributed by atoms with van der Waals surface area (Å²) in [5.74, 6) is -1.70. The number of carbonyl (C=O) groups excluding carboxylic acids is 1. The number of aromatic amines is 1. The van der Waals surface area contributed by atoms with E-state index in [-0.39, 0.29) is 21.5 Å². The van der Waals surface area contributed by atoms with E-state index in [1.54, 1.807) is 6.92 Å². The third-order valence-electron chi connectivity index (χ3n) is 2.59. The molecule has 0 spiro atoms. The molecule has 21 heavy (non-hydrogen) atoms. The van der Waals surface area contributed by atoms with Crippen LogP contribution in [0.4, 0.5) is 20.6 Å². The van der Waals surface area contributed by atoms with Crippen molar-refractivity contribution in [3.05, 3.63) is 45.9 Å². The molecule has 8 heteroatoms. The molecule has 6 nitrogen and oxygen atoms in total. The van der Waals surface area contributed by atoms with Gasteiger partial charge >= 0.3 is 12.0 Å². The number of halogens is 2. The molecule has 0 aliphatic carbocycles. The second-order valence-corrected chi connectivity index (χ2v) is 5.11. The molecule has 0 saturated carbocycles. The molecule has 4 N–H and O–H groups in total. The van der Waals surface area contributed by atoms with Crippen molar-refractivity contribution in [2.24, 2.45) is 0 Å². The van der Waals surface area contributed by atoms with E-state index >= 15 is 0 Å². The molecule has 1 aromatic carbocycles. The Hall–Kier alpha value is -2.35. The van der Waals surface area contributed by atoms with Gasteiger partial charge in [-0.1, -0.05) is 0 Å². The van der Waals surface area contributed by atoms with Crippen molar-refractivity contribution in [3.8, 4) is 0 Å². The number of hydrogen-bond acceptors (Lipinski definition) is 2. The van der Waals surface area contributed by atoms with Gasteiger partial charge in [-0.2, -0.15) is 0 Å². The zero-order valence-corrected chi connectivity index (χ0v) is 12.4. The monoisotopic (exact) mass is 355 g/mol. The first-order chi connectivity index (χ1) is 9.86. The molecule has 110 valence electrons. The maximum Gasteiger partial charge on any atom is 0.354 e. The van der Waals surface area contributed by atoms with Gasteiger partial charge in [0.1, 0.15) is 11.5 Å². The SMILES string of the molecule is Cc1cc(NC(=O)Nc2ccc(Br)c(F)c2)c(C(=O)O)[nH]1. The number of aromatic nitrogens is 1. The number of aromatic carboxylic acids is 1. The lowest BCUT2D eigenvalue weighted by Gasteiger charge is -2.07. The first kappa shape index (κ1) is 15.0. The van der Waals surface area contributed by atoms with E-state index in [4.69, 9.17) is 5.11 Å². The summed E-state index contributed by atoms with van der Waals surface area (Å²) < 4.78 is 13.6. The molecule has 0 atom stereocenters. The maximum atomic E-state index is 13.3. The van der Waals surface area contributed by atoms with Crippen molar-refractivity contribution in [1.29, 1.82) is 0 Å². The Morgan fingerprint density at radius 3 is 2.62 bits per heavy atom. The Balaban J connectivity index is 2.11. The number of carboxylic acids is 1. The third-order valence-corrected chi connectivity index (χ3v) is 3.23. The highest BCUT2D eigenvalue weighted by atomic mass is 79.9. The van der Waals surface area contributed by atoms with Crippen LogP contribution in [0.2, 0.25) is 0 Å². The summed E-state index contributed by atoms with van der Waals surface area (Å²) in [6.45, 7) is 1.67. The topological polar surface area (TPSA) is 94.2 Å². The van der Waals surface area contributed by atoms with Crippen LogP contribution in [0.15, 0.2) is 28.7 Å². The fraction of sp³-hybridized carbons (Fsp3) is 0.0769. The van der Waals surface area contributed by atoms with Gasteiger partial charge in [0.15, 0.2) is 0 Å². The van der Waals surface area contributed by atoms with Crippen molar-refractivity contribution >= 4 is 39.3 Å². The number of hydrogen-bond donors (Lipinski definition) is 4. The fourth-order valence-electron chi connectivity index (χ4n) is 1.72. The van der Waals surface area contributed by atoms with E-state index in [0.717, 1.165) is 6.07 Å². The average molecular weight is 356 g/mol. The highest BCUT2D eigenvalue weighted by Gasteiger charge is 2.15. The highest BCUT2D eigenvalue weighted by molar-refractivity contribution is 9.10.